The molecule has 0 fully saturated rings. The summed E-state index contributed by atoms with van der Waals surface area (Å²) in [4.78, 5) is 12.6. The number of hydrogen-bond donors (Lipinski definition) is 1. The van der Waals surface area contributed by atoms with Crippen molar-refractivity contribution in [3.05, 3.63) is 58.1 Å². The molecule has 158 valence electrons. The Labute approximate surface area is 177 Å². The number of amides is 1. The molecule has 0 aliphatic heterocycles. The first-order chi connectivity index (χ1) is 13.5. The average Bonchev–Trinajstić information content (AvgIpc) is 2.63. The van der Waals surface area contributed by atoms with Crippen LogP contribution in [0, 0.1) is 20.8 Å². The van der Waals surface area contributed by atoms with Gasteiger partial charge in [-0.2, -0.15) is 0 Å². The molecular formula is C21H27ClN2O4S. The van der Waals surface area contributed by atoms with Gasteiger partial charge in [0.25, 0.3) is 0 Å². The van der Waals surface area contributed by atoms with Gasteiger partial charge in [0.2, 0.25) is 15.9 Å². The quantitative estimate of drug-likeness (QED) is 0.639. The molecule has 1 amide bonds. The van der Waals surface area contributed by atoms with Crippen LogP contribution in [0.1, 0.15) is 23.6 Å². The lowest BCUT2D eigenvalue weighted by atomic mass is 10.1. The number of sulfonamides is 1. The first kappa shape index (κ1) is 23.0. The molecule has 1 unspecified atom stereocenters. The van der Waals surface area contributed by atoms with E-state index in [1.165, 1.54) is 6.92 Å². The van der Waals surface area contributed by atoms with Crippen LogP contribution in [0.4, 0.5) is 5.69 Å². The molecule has 0 spiro atoms. The van der Waals surface area contributed by atoms with E-state index in [2.05, 4.69) is 5.32 Å². The van der Waals surface area contributed by atoms with Crippen LogP contribution in [0.25, 0.3) is 0 Å². The Kier molecular flexibility index (Phi) is 7.54. The summed E-state index contributed by atoms with van der Waals surface area (Å²) < 4.78 is 31.5. The number of carbonyl (C=O) groups excluding carboxylic acids is 1. The fourth-order valence-corrected chi connectivity index (χ4v) is 4.21. The summed E-state index contributed by atoms with van der Waals surface area (Å²) >= 11 is 6.14. The highest BCUT2D eigenvalue weighted by Gasteiger charge is 2.29. The zero-order valence-corrected chi connectivity index (χ0v) is 18.9. The third kappa shape index (κ3) is 6.11. The number of benzene rings is 2. The molecule has 0 radical (unpaired) electrons. The van der Waals surface area contributed by atoms with E-state index in [4.69, 9.17) is 16.3 Å². The maximum absolute atomic E-state index is 12.6. The van der Waals surface area contributed by atoms with Gasteiger partial charge in [-0.15, -0.1) is 0 Å². The van der Waals surface area contributed by atoms with Crippen LogP contribution < -0.4 is 14.4 Å². The zero-order valence-electron chi connectivity index (χ0n) is 17.3. The summed E-state index contributed by atoms with van der Waals surface area (Å²) in [5, 5.41) is 3.17. The number of nitrogens with zero attached hydrogens (tertiary/aromatic N) is 1. The molecule has 0 saturated heterocycles. The van der Waals surface area contributed by atoms with E-state index in [-0.39, 0.29) is 13.2 Å². The summed E-state index contributed by atoms with van der Waals surface area (Å²) in [7, 11) is -3.69. The third-order valence-electron chi connectivity index (χ3n) is 4.50. The van der Waals surface area contributed by atoms with Gasteiger partial charge in [-0.3, -0.25) is 9.10 Å². The zero-order chi connectivity index (χ0) is 21.8. The molecule has 8 heteroatoms. The van der Waals surface area contributed by atoms with Crippen LogP contribution in [-0.2, 0) is 14.8 Å². The lowest BCUT2D eigenvalue weighted by Gasteiger charge is -2.28. The van der Waals surface area contributed by atoms with Crippen LogP contribution in [0.5, 0.6) is 5.75 Å². The topological polar surface area (TPSA) is 75.7 Å². The molecule has 0 aliphatic rings. The normalized spacial score (nSPS) is 12.3. The average molecular weight is 439 g/mol. The van der Waals surface area contributed by atoms with Crippen molar-refractivity contribution in [2.75, 3.05) is 23.7 Å². The molecule has 0 aromatic heterocycles. The van der Waals surface area contributed by atoms with Gasteiger partial charge < -0.3 is 10.1 Å². The summed E-state index contributed by atoms with van der Waals surface area (Å²) in [6.07, 6.45) is 1.06. The van der Waals surface area contributed by atoms with Crippen LogP contribution in [0.3, 0.4) is 0 Å². The monoisotopic (exact) mass is 438 g/mol. The minimum atomic E-state index is -3.69. The number of carbonyl (C=O) groups is 1. The number of rotatable bonds is 8. The van der Waals surface area contributed by atoms with E-state index in [1.54, 1.807) is 18.2 Å². The minimum Gasteiger partial charge on any atom is -0.491 e. The highest BCUT2D eigenvalue weighted by Crippen LogP contribution is 2.26. The summed E-state index contributed by atoms with van der Waals surface area (Å²) in [6.45, 7) is 7.82. The van der Waals surface area contributed by atoms with E-state index in [9.17, 15) is 13.2 Å². The van der Waals surface area contributed by atoms with Crippen LogP contribution >= 0.6 is 11.6 Å². The molecule has 0 bridgehead atoms. The third-order valence-corrected chi connectivity index (χ3v) is 6.15. The SMILES string of the molecule is Cc1ccc(C)c(OCCNC(=O)C(C)N(c2ccc(C)c(Cl)c2)S(C)(=O)=O)c1. The largest absolute Gasteiger partial charge is 0.491 e. The number of halogens is 1. The molecule has 2 aromatic carbocycles. The van der Waals surface area contributed by atoms with Crippen molar-refractivity contribution in [3.63, 3.8) is 0 Å². The van der Waals surface area contributed by atoms with Crippen molar-refractivity contribution in [2.24, 2.45) is 0 Å². The summed E-state index contributed by atoms with van der Waals surface area (Å²) in [5.41, 5.74) is 3.26. The van der Waals surface area contributed by atoms with Gasteiger partial charge in [-0.05, 0) is 62.6 Å². The van der Waals surface area contributed by atoms with Gasteiger partial charge >= 0.3 is 0 Å². The van der Waals surface area contributed by atoms with Gasteiger partial charge in [0.1, 0.15) is 18.4 Å². The first-order valence-corrected chi connectivity index (χ1v) is 11.5. The number of anilines is 1. The Morgan fingerprint density at radius 3 is 2.41 bits per heavy atom. The predicted molar refractivity (Wildman–Crippen MR) is 117 cm³/mol. The molecule has 0 saturated carbocycles. The maximum atomic E-state index is 12.6. The van der Waals surface area contributed by atoms with Crippen molar-refractivity contribution >= 4 is 33.2 Å². The van der Waals surface area contributed by atoms with Gasteiger partial charge in [0.05, 0.1) is 18.5 Å². The lowest BCUT2D eigenvalue weighted by Crippen LogP contribution is -2.48. The van der Waals surface area contributed by atoms with Crippen molar-refractivity contribution in [3.8, 4) is 5.75 Å². The second kappa shape index (κ2) is 9.50. The van der Waals surface area contributed by atoms with Gasteiger partial charge in [0.15, 0.2) is 0 Å². The first-order valence-electron chi connectivity index (χ1n) is 9.24. The van der Waals surface area contributed by atoms with E-state index in [0.29, 0.717) is 10.7 Å². The maximum Gasteiger partial charge on any atom is 0.243 e. The molecule has 2 aromatic rings. The van der Waals surface area contributed by atoms with Crippen LogP contribution in [0.15, 0.2) is 36.4 Å². The molecule has 6 nitrogen and oxygen atoms in total. The molecule has 29 heavy (non-hydrogen) atoms. The van der Waals surface area contributed by atoms with Gasteiger partial charge in [0, 0.05) is 5.02 Å². The molecular weight excluding hydrogens is 412 g/mol. The fraction of sp³-hybridized carbons (Fsp3) is 0.381. The van der Waals surface area contributed by atoms with Crippen LogP contribution in [-0.4, -0.2) is 39.8 Å². The molecule has 1 atom stereocenters. The number of ether oxygens (including phenoxy) is 1. The van der Waals surface area contributed by atoms with E-state index in [1.807, 2.05) is 39.0 Å². The standard InChI is InChI=1S/C21H27ClN2O4S/c1-14-6-7-16(3)20(12-14)28-11-10-23-21(25)17(4)24(29(5,26)27)18-9-8-15(2)19(22)13-18/h6-9,12-13,17H,10-11H2,1-5H3,(H,23,25). The molecule has 1 N–H and O–H groups in total. The van der Waals surface area contributed by atoms with Gasteiger partial charge in [-0.25, -0.2) is 8.42 Å². The summed E-state index contributed by atoms with van der Waals surface area (Å²) in [6, 6.07) is 9.88. The Hall–Kier alpha value is -2.25. The fourth-order valence-electron chi connectivity index (χ4n) is 2.87. The Balaban J connectivity index is 2.03. The Morgan fingerprint density at radius 1 is 1.14 bits per heavy atom. The highest BCUT2D eigenvalue weighted by molar-refractivity contribution is 7.92. The smallest absolute Gasteiger partial charge is 0.243 e. The lowest BCUT2D eigenvalue weighted by molar-refractivity contribution is -0.121. The second-order valence-electron chi connectivity index (χ2n) is 7.08. The second-order valence-corrected chi connectivity index (χ2v) is 9.34. The molecule has 2 rings (SSSR count). The predicted octanol–water partition coefficient (Wildman–Crippen LogP) is 3.61. The van der Waals surface area contributed by atoms with E-state index >= 15 is 0 Å². The van der Waals surface area contributed by atoms with Crippen LogP contribution in [0.2, 0.25) is 5.02 Å². The summed E-state index contributed by atoms with van der Waals surface area (Å²) in [5.74, 6) is 0.344. The molecule has 0 heterocycles. The van der Waals surface area contributed by atoms with Gasteiger partial charge in [-0.1, -0.05) is 29.8 Å². The number of nitrogens with one attached hydrogen (secondary N) is 1. The molecule has 0 aliphatic carbocycles. The van der Waals surface area contributed by atoms with E-state index < -0.39 is 22.0 Å². The Bertz CT molecular complexity index is 992. The highest BCUT2D eigenvalue weighted by atomic mass is 35.5. The van der Waals surface area contributed by atoms with Crippen molar-refractivity contribution < 1.29 is 17.9 Å². The van der Waals surface area contributed by atoms with Crippen molar-refractivity contribution in [1.29, 1.82) is 0 Å². The van der Waals surface area contributed by atoms with Crippen molar-refractivity contribution in [1.82, 2.24) is 5.32 Å². The number of hydrogen-bond acceptors (Lipinski definition) is 4. The van der Waals surface area contributed by atoms with Crippen molar-refractivity contribution in [2.45, 2.75) is 33.7 Å². The number of aryl methyl sites for hydroxylation is 3. The Morgan fingerprint density at radius 2 is 1.79 bits per heavy atom. The minimum absolute atomic E-state index is 0.253. The van der Waals surface area contributed by atoms with E-state index in [0.717, 1.165) is 33.0 Å².